The predicted octanol–water partition coefficient (Wildman–Crippen LogP) is 4.93. The van der Waals surface area contributed by atoms with E-state index < -0.39 is 0 Å². The molecule has 1 N–H and O–H groups in total. The Balaban J connectivity index is 4.24. The monoisotopic (exact) mass is 228 g/mol. The molecule has 0 aliphatic rings. The van der Waals surface area contributed by atoms with Gasteiger partial charge in [-0.25, -0.2) is 0 Å². The first-order chi connectivity index (χ1) is 7.74. The molecule has 0 aromatic heterocycles. The fraction of sp³-hybridized carbons (Fsp3) is 1.00. The molecule has 0 aromatic carbocycles. The van der Waals surface area contributed by atoms with Crippen LogP contribution in [0.1, 0.15) is 85.0 Å². The summed E-state index contributed by atoms with van der Waals surface area (Å²) in [5.74, 6) is 0. The number of unbranched alkanes of at least 4 members (excludes halogenated alkanes) is 2. The van der Waals surface area contributed by atoms with E-state index in [2.05, 4.69) is 20.8 Å². The van der Waals surface area contributed by atoms with E-state index in [0.717, 1.165) is 6.42 Å². The first kappa shape index (κ1) is 16.0. The lowest BCUT2D eigenvalue weighted by atomic mass is 9.72. The standard InChI is InChI=1S/C15H32O/c1-4-7-12-15(10-5-2,11-6-3)13-8-9-14-16/h16H,4-14H2,1-3H3. The van der Waals surface area contributed by atoms with Crippen molar-refractivity contribution in [1.29, 1.82) is 0 Å². The molecule has 0 unspecified atom stereocenters. The lowest BCUT2D eigenvalue weighted by Crippen LogP contribution is -2.21. The van der Waals surface area contributed by atoms with Crippen LogP contribution in [-0.4, -0.2) is 11.7 Å². The van der Waals surface area contributed by atoms with Crippen LogP contribution >= 0.6 is 0 Å². The van der Waals surface area contributed by atoms with Crippen LogP contribution in [0.5, 0.6) is 0 Å². The molecular formula is C15H32O. The van der Waals surface area contributed by atoms with E-state index in [1.165, 1.54) is 57.8 Å². The highest BCUT2D eigenvalue weighted by atomic mass is 16.2. The number of aliphatic hydroxyl groups excluding tert-OH is 1. The summed E-state index contributed by atoms with van der Waals surface area (Å²) >= 11 is 0. The lowest BCUT2D eigenvalue weighted by Gasteiger charge is -2.34. The highest BCUT2D eigenvalue weighted by Gasteiger charge is 2.26. The molecule has 0 fully saturated rings. The van der Waals surface area contributed by atoms with Gasteiger partial charge in [-0.2, -0.15) is 0 Å². The highest BCUT2D eigenvalue weighted by molar-refractivity contribution is 4.78. The van der Waals surface area contributed by atoms with Crippen molar-refractivity contribution in [3.63, 3.8) is 0 Å². The van der Waals surface area contributed by atoms with Gasteiger partial charge in [0.2, 0.25) is 0 Å². The molecule has 1 nitrogen and oxygen atoms in total. The van der Waals surface area contributed by atoms with Crippen molar-refractivity contribution in [2.24, 2.45) is 5.41 Å². The second kappa shape index (κ2) is 10.1. The zero-order valence-corrected chi connectivity index (χ0v) is 11.7. The largest absolute Gasteiger partial charge is 0.396 e. The molecule has 16 heavy (non-hydrogen) atoms. The van der Waals surface area contributed by atoms with Crippen molar-refractivity contribution in [2.45, 2.75) is 85.0 Å². The van der Waals surface area contributed by atoms with Gasteiger partial charge in [0.05, 0.1) is 0 Å². The zero-order valence-electron chi connectivity index (χ0n) is 11.7. The molecule has 0 radical (unpaired) electrons. The normalized spacial score (nSPS) is 12.0. The highest BCUT2D eigenvalue weighted by Crippen LogP contribution is 2.40. The summed E-state index contributed by atoms with van der Waals surface area (Å²) in [6, 6.07) is 0. The van der Waals surface area contributed by atoms with Crippen molar-refractivity contribution in [3.05, 3.63) is 0 Å². The van der Waals surface area contributed by atoms with E-state index in [9.17, 15) is 0 Å². The molecule has 0 heterocycles. The Bertz CT molecular complexity index is 136. The topological polar surface area (TPSA) is 20.2 Å². The summed E-state index contributed by atoms with van der Waals surface area (Å²) in [5.41, 5.74) is 0.592. The minimum Gasteiger partial charge on any atom is -0.396 e. The maximum absolute atomic E-state index is 8.90. The fourth-order valence-electron chi connectivity index (χ4n) is 2.97. The van der Waals surface area contributed by atoms with Gasteiger partial charge in [-0.05, 0) is 37.5 Å². The Morgan fingerprint density at radius 1 is 0.688 bits per heavy atom. The maximum Gasteiger partial charge on any atom is 0.0431 e. The molecule has 0 spiro atoms. The van der Waals surface area contributed by atoms with Gasteiger partial charge in [0.25, 0.3) is 0 Å². The molecule has 98 valence electrons. The van der Waals surface area contributed by atoms with Crippen molar-refractivity contribution in [1.82, 2.24) is 0 Å². The third kappa shape index (κ3) is 6.52. The number of aliphatic hydroxyl groups is 1. The molecule has 0 aromatic rings. The first-order valence-electron chi connectivity index (χ1n) is 7.35. The van der Waals surface area contributed by atoms with Gasteiger partial charge in [0, 0.05) is 6.61 Å². The third-order valence-corrected chi connectivity index (χ3v) is 3.74. The summed E-state index contributed by atoms with van der Waals surface area (Å²) < 4.78 is 0. The van der Waals surface area contributed by atoms with Gasteiger partial charge in [0.1, 0.15) is 0 Å². The molecule has 0 bridgehead atoms. The van der Waals surface area contributed by atoms with Crippen molar-refractivity contribution >= 4 is 0 Å². The molecule has 0 aliphatic carbocycles. The summed E-state index contributed by atoms with van der Waals surface area (Å²) in [5, 5.41) is 8.90. The average molecular weight is 228 g/mol. The van der Waals surface area contributed by atoms with E-state index in [0.29, 0.717) is 12.0 Å². The van der Waals surface area contributed by atoms with Crippen LogP contribution in [-0.2, 0) is 0 Å². The minimum absolute atomic E-state index is 0.363. The van der Waals surface area contributed by atoms with Crippen LogP contribution < -0.4 is 0 Å². The molecular weight excluding hydrogens is 196 g/mol. The fourth-order valence-corrected chi connectivity index (χ4v) is 2.97. The van der Waals surface area contributed by atoms with Gasteiger partial charge < -0.3 is 5.11 Å². The summed E-state index contributed by atoms with van der Waals surface area (Å²) in [6.45, 7) is 7.27. The van der Waals surface area contributed by atoms with E-state index in [4.69, 9.17) is 5.11 Å². The van der Waals surface area contributed by atoms with Crippen molar-refractivity contribution in [3.8, 4) is 0 Å². The van der Waals surface area contributed by atoms with Crippen molar-refractivity contribution in [2.75, 3.05) is 6.61 Å². The Kier molecular flexibility index (Phi) is 10.1. The quantitative estimate of drug-likeness (QED) is 0.497. The van der Waals surface area contributed by atoms with Crippen LogP contribution in [0.3, 0.4) is 0 Å². The molecule has 0 amide bonds. The minimum atomic E-state index is 0.363. The molecule has 0 saturated heterocycles. The molecule has 0 atom stereocenters. The van der Waals surface area contributed by atoms with Gasteiger partial charge in [-0.3, -0.25) is 0 Å². The van der Waals surface area contributed by atoms with Crippen LogP contribution in [0.2, 0.25) is 0 Å². The van der Waals surface area contributed by atoms with Crippen LogP contribution in [0.4, 0.5) is 0 Å². The second-order valence-corrected chi connectivity index (χ2v) is 5.28. The zero-order chi connectivity index (χ0) is 12.3. The molecule has 0 saturated carbocycles. The summed E-state index contributed by atoms with van der Waals surface area (Å²) in [7, 11) is 0. The summed E-state index contributed by atoms with van der Waals surface area (Å²) in [6.07, 6.45) is 13.0. The van der Waals surface area contributed by atoms with E-state index in [1.807, 2.05) is 0 Å². The molecule has 0 aliphatic heterocycles. The molecule has 0 rings (SSSR count). The first-order valence-corrected chi connectivity index (χ1v) is 7.35. The van der Waals surface area contributed by atoms with Crippen LogP contribution in [0.25, 0.3) is 0 Å². The van der Waals surface area contributed by atoms with Gasteiger partial charge >= 0.3 is 0 Å². The Hall–Kier alpha value is -0.0400. The maximum atomic E-state index is 8.90. The van der Waals surface area contributed by atoms with Gasteiger partial charge in [0.15, 0.2) is 0 Å². The lowest BCUT2D eigenvalue weighted by molar-refractivity contribution is 0.175. The van der Waals surface area contributed by atoms with E-state index >= 15 is 0 Å². The Labute approximate surface area is 103 Å². The summed E-state index contributed by atoms with van der Waals surface area (Å²) in [4.78, 5) is 0. The van der Waals surface area contributed by atoms with Gasteiger partial charge in [-0.15, -0.1) is 0 Å². The number of rotatable bonds is 11. The third-order valence-electron chi connectivity index (χ3n) is 3.74. The smallest absolute Gasteiger partial charge is 0.0431 e. The van der Waals surface area contributed by atoms with Crippen LogP contribution in [0.15, 0.2) is 0 Å². The van der Waals surface area contributed by atoms with Crippen molar-refractivity contribution < 1.29 is 5.11 Å². The van der Waals surface area contributed by atoms with E-state index in [-0.39, 0.29) is 0 Å². The second-order valence-electron chi connectivity index (χ2n) is 5.28. The Morgan fingerprint density at radius 3 is 1.69 bits per heavy atom. The SMILES string of the molecule is CCCCC(CCC)(CCC)CCCCO. The van der Waals surface area contributed by atoms with Gasteiger partial charge in [-0.1, -0.05) is 52.9 Å². The predicted molar refractivity (Wildman–Crippen MR) is 72.7 cm³/mol. The Morgan fingerprint density at radius 2 is 1.25 bits per heavy atom. The molecule has 1 heteroatoms. The number of hydrogen-bond acceptors (Lipinski definition) is 1. The number of hydrogen-bond donors (Lipinski definition) is 1. The van der Waals surface area contributed by atoms with Crippen LogP contribution in [0, 0.1) is 5.41 Å². The van der Waals surface area contributed by atoms with E-state index in [1.54, 1.807) is 0 Å². The average Bonchev–Trinajstić information content (AvgIpc) is 2.27.